The number of carbonyl (C=O) groups excluding carboxylic acids is 1. The summed E-state index contributed by atoms with van der Waals surface area (Å²) in [5.41, 5.74) is 2.88. The fourth-order valence-corrected chi connectivity index (χ4v) is 3.54. The number of aryl methyl sites for hydroxylation is 1. The largest absolute Gasteiger partial charge is 0.381 e. The highest BCUT2D eigenvalue weighted by Gasteiger charge is 2.13. The summed E-state index contributed by atoms with van der Waals surface area (Å²) in [6.45, 7) is 0.675. The third-order valence-corrected chi connectivity index (χ3v) is 5.00. The van der Waals surface area contributed by atoms with E-state index >= 15 is 0 Å². The van der Waals surface area contributed by atoms with Gasteiger partial charge in [0.1, 0.15) is 0 Å². The molecule has 0 bridgehead atoms. The minimum absolute atomic E-state index is 0.0462. The molecule has 0 radical (unpaired) electrons. The van der Waals surface area contributed by atoms with Crippen LogP contribution in [0.25, 0.3) is 0 Å². The molecule has 0 aliphatic heterocycles. The van der Waals surface area contributed by atoms with Gasteiger partial charge in [0.05, 0.1) is 11.3 Å². The zero-order valence-corrected chi connectivity index (χ0v) is 15.4. The summed E-state index contributed by atoms with van der Waals surface area (Å²) in [7, 11) is 0. The van der Waals surface area contributed by atoms with Gasteiger partial charge in [0.25, 0.3) is 5.91 Å². The highest BCUT2D eigenvalue weighted by Crippen LogP contribution is 2.21. The van der Waals surface area contributed by atoms with Crippen LogP contribution in [0, 0.1) is 0 Å². The number of anilines is 1. The summed E-state index contributed by atoms with van der Waals surface area (Å²) in [5, 5.41) is 6.57. The Morgan fingerprint density at radius 2 is 1.81 bits per heavy atom. The van der Waals surface area contributed by atoms with Gasteiger partial charge in [-0.25, -0.2) is 0 Å². The Labute approximate surface area is 156 Å². The molecule has 1 fully saturated rings. The molecular weight excluding hydrogens is 322 g/mol. The minimum atomic E-state index is -0.0462. The van der Waals surface area contributed by atoms with E-state index in [1.807, 2.05) is 30.5 Å². The maximum Gasteiger partial charge on any atom is 0.252 e. The van der Waals surface area contributed by atoms with Crippen LogP contribution in [-0.2, 0) is 6.42 Å². The lowest BCUT2D eigenvalue weighted by Crippen LogP contribution is -2.25. The van der Waals surface area contributed by atoms with Crippen molar-refractivity contribution in [1.82, 2.24) is 10.3 Å². The van der Waals surface area contributed by atoms with Gasteiger partial charge >= 0.3 is 0 Å². The van der Waals surface area contributed by atoms with Gasteiger partial charge in [0, 0.05) is 25.0 Å². The van der Waals surface area contributed by atoms with Crippen LogP contribution in [0.2, 0.25) is 0 Å². The van der Waals surface area contributed by atoms with Gasteiger partial charge in [-0.1, -0.05) is 56.0 Å². The van der Waals surface area contributed by atoms with Crippen molar-refractivity contribution in [2.24, 2.45) is 0 Å². The summed E-state index contributed by atoms with van der Waals surface area (Å²) < 4.78 is 0. The van der Waals surface area contributed by atoms with Crippen LogP contribution < -0.4 is 10.6 Å². The van der Waals surface area contributed by atoms with E-state index in [1.54, 1.807) is 6.20 Å². The Balaban J connectivity index is 1.46. The second-order valence-electron chi connectivity index (χ2n) is 7.14. The molecule has 0 atom stereocenters. The minimum Gasteiger partial charge on any atom is -0.381 e. The normalized spacial score (nSPS) is 15.2. The first-order valence-electron chi connectivity index (χ1n) is 9.85. The molecule has 1 aliphatic carbocycles. The van der Waals surface area contributed by atoms with E-state index in [4.69, 9.17) is 0 Å². The summed E-state index contributed by atoms with van der Waals surface area (Å²) >= 11 is 0. The molecule has 3 rings (SSSR count). The average Bonchev–Trinajstić information content (AvgIpc) is 2.95. The molecule has 0 saturated heterocycles. The van der Waals surface area contributed by atoms with Crippen molar-refractivity contribution in [3.05, 3.63) is 59.9 Å². The quantitative estimate of drug-likeness (QED) is 0.567. The summed E-state index contributed by atoms with van der Waals surface area (Å²) in [4.78, 5) is 16.6. The zero-order valence-electron chi connectivity index (χ0n) is 15.4. The molecule has 138 valence electrons. The SMILES string of the molecule is O=C(NCCCc1ccccc1)c1cncc(NC2CCCCCC2)c1. The fraction of sp³-hybridized carbons (Fsp3) is 0.455. The zero-order chi connectivity index (χ0) is 18.0. The van der Waals surface area contributed by atoms with Crippen molar-refractivity contribution in [1.29, 1.82) is 0 Å². The average molecular weight is 351 g/mol. The standard InChI is InChI=1S/C22H29N3O/c26-22(24-14-8-11-18-9-4-3-5-10-18)19-15-21(17-23-16-19)25-20-12-6-1-2-7-13-20/h3-5,9-10,15-17,20,25H,1-2,6-8,11-14H2,(H,24,26). The molecular formula is C22H29N3O. The molecule has 0 unspecified atom stereocenters. The third kappa shape index (κ3) is 5.87. The Kier molecular flexibility index (Phi) is 7.05. The van der Waals surface area contributed by atoms with E-state index in [0.29, 0.717) is 18.2 Å². The van der Waals surface area contributed by atoms with Crippen LogP contribution in [0.3, 0.4) is 0 Å². The number of benzene rings is 1. The molecule has 1 saturated carbocycles. The molecule has 0 spiro atoms. The maximum atomic E-state index is 12.4. The topological polar surface area (TPSA) is 54.0 Å². The number of pyridine rings is 1. The molecule has 1 heterocycles. The first-order valence-corrected chi connectivity index (χ1v) is 9.85. The van der Waals surface area contributed by atoms with Gasteiger partial charge < -0.3 is 10.6 Å². The van der Waals surface area contributed by atoms with E-state index in [0.717, 1.165) is 18.5 Å². The van der Waals surface area contributed by atoms with Crippen LogP contribution in [0.5, 0.6) is 0 Å². The van der Waals surface area contributed by atoms with Crippen LogP contribution >= 0.6 is 0 Å². The van der Waals surface area contributed by atoms with Crippen LogP contribution in [0.4, 0.5) is 5.69 Å². The predicted octanol–water partition coefficient (Wildman–Crippen LogP) is 4.58. The fourth-order valence-electron chi connectivity index (χ4n) is 3.54. The number of hydrogen-bond donors (Lipinski definition) is 2. The number of nitrogens with zero attached hydrogens (tertiary/aromatic N) is 1. The number of rotatable bonds is 7. The number of aromatic nitrogens is 1. The molecule has 1 aliphatic rings. The molecule has 2 N–H and O–H groups in total. The van der Waals surface area contributed by atoms with Crippen LogP contribution in [0.15, 0.2) is 48.8 Å². The van der Waals surface area contributed by atoms with Gasteiger partial charge in [0.15, 0.2) is 0 Å². The lowest BCUT2D eigenvalue weighted by Gasteiger charge is -2.17. The first-order chi connectivity index (χ1) is 12.8. The summed E-state index contributed by atoms with van der Waals surface area (Å²) in [6, 6.07) is 12.8. The first kappa shape index (κ1) is 18.4. The Bertz CT molecular complexity index is 679. The highest BCUT2D eigenvalue weighted by molar-refractivity contribution is 5.94. The second kappa shape index (κ2) is 9.95. The molecule has 4 nitrogen and oxygen atoms in total. The van der Waals surface area contributed by atoms with E-state index in [2.05, 4.69) is 27.8 Å². The third-order valence-electron chi connectivity index (χ3n) is 5.00. The van der Waals surface area contributed by atoms with Crippen molar-refractivity contribution in [3.8, 4) is 0 Å². The number of amides is 1. The number of nitrogens with one attached hydrogen (secondary N) is 2. The van der Waals surface area contributed by atoms with Gasteiger partial charge in [-0.2, -0.15) is 0 Å². The summed E-state index contributed by atoms with van der Waals surface area (Å²) in [5.74, 6) is -0.0462. The van der Waals surface area contributed by atoms with Gasteiger partial charge in [0.2, 0.25) is 0 Å². The molecule has 26 heavy (non-hydrogen) atoms. The van der Waals surface area contributed by atoms with Crippen molar-refractivity contribution >= 4 is 11.6 Å². The molecule has 1 aromatic carbocycles. The summed E-state index contributed by atoms with van der Waals surface area (Å²) in [6.07, 6.45) is 13.0. The van der Waals surface area contributed by atoms with Crippen LogP contribution in [-0.4, -0.2) is 23.5 Å². The monoisotopic (exact) mass is 351 g/mol. The Hall–Kier alpha value is -2.36. The van der Waals surface area contributed by atoms with E-state index < -0.39 is 0 Å². The molecule has 1 aromatic heterocycles. The van der Waals surface area contributed by atoms with Gasteiger partial charge in [-0.3, -0.25) is 9.78 Å². The lowest BCUT2D eigenvalue weighted by atomic mass is 10.1. The van der Waals surface area contributed by atoms with Crippen LogP contribution in [0.1, 0.15) is 60.9 Å². The smallest absolute Gasteiger partial charge is 0.252 e. The second-order valence-corrected chi connectivity index (χ2v) is 7.14. The highest BCUT2D eigenvalue weighted by atomic mass is 16.1. The van der Waals surface area contributed by atoms with Gasteiger partial charge in [-0.05, 0) is 37.3 Å². The Morgan fingerprint density at radius 3 is 2.58 bits per heavy atom. The maximum absolute atomic E-state index is 12.4. The number of hydrogen-bond acceptors (Lipinski definition) is 3. The molecule has 1 amide bonds. The van der Waals surface area contributed by atoms with Crippen molar-refractivity contribution < 1.29 is 4.79 Å². The molecule has 2 aromatic rings. The Morgan fingerprint density at radius 1 is 1.04 bits per heavy atom. The van der Waals surface area contributed by atoms with E-state index in [9.17, 15) is 4.79 Å². The predicted molar refractivity (Wildman–Crippen MR) is 106 cm³/mol. The van der Waals surface area contributed by atoms with Crippen molar-refractivity contribution in [3.63, 3.8) is 0 Å². The van der Waals surface area contributed by atoms with E-state index in [1.165, 1.54) is 44.1 Å². The van der Waals surface area contributed by atoms with Gasteiger partial charge in [-0.15, -0.1) is 0 Å². The van der Waals surface area contributed by atoms with E-state index in [-0.39, 0.29) is 5.91 Å². The van der Waals surface area contributed by atoms with Crippen molar-refractivity contribution in [2.75, 3.05) is 11.9 Å². The van der Waals surface area contributed by atoms with Crippen molar-refractivity contribution in [2.45, 2.75) is 57.4 Å². The number of carbonyl (C=O) groups is 1. The molecule has 4 heteroatoms. The lowest BCUT2D eigenvalue weighted by molar-refractivity contribution is 0.0953.